The largest absolute Gasteiger partial charge is 0.302 e. The zero-order valence-corrected chi connectivity index (χ0v) is 9.29. The van der Waals surface area contributed by atoms with E-state index in [4.69, 9.17) is 0 Å². The van der Waals surface area contributed by atoms with Crippen molar-refractivity contribution in [3.63, 3.8) is 0 Å². The molecule has 1 saturated heterocycles. The van der Waals surface area contributed by atoms with Gasteiger partial charge in [-0.1, -0.05) is 13.3 Å². The minimum absolute atomic E-state index is 0.150. The van der Waals surface area contributed by atoms with Crippen LogP contribution < -0.4 is 0 Å². The monoisotopic (exact) mass is 219 g/mol. The average Bonchev–Trinajstić information content (AvgIpc) is 2.18. The second-order valence-corrected chi connectivity index (χ2v) is 5.67. The first kappa shape index (κ1) is 11.7. The fraction of sp³-hybridized carbons (Fsp3) is 0.889. The first-order chi connectivity index (χ1) is 6.61. The van der Waals surface area contributed by atoms with E-state index in [1.54, 1.807) is 0 Å². The molecule has 0 amide bonds. The lowest BCUT2D eigenvalue weighted by atomic mass is 10.1. The summed E-state index contributed by atoms with van der Waals surface area (Å²) in [7, 11) is -3.19. The van der Waals surface area contributed by atoms with Crippen LogP contribution in [0.5, 0.6) is 0 Å². The number of nitrogens with zero attached hydrogens (tertiary/aromatic N) is 1. The number of rotatable bonds is 4. The molecule has 4 nitrogen and oxygen atoms in total. The van der Waals surface area contributed by atoms with Crippen molar-refractivity contribution in [1.29, 1.82) is 0 Å². The summed E-state index contributed by atoms with van der Waals surface area (Å²) in [4.78, 5) is 10.7. The third kappa shape index (κ3) is 2.54. The van der Waals surface area contributed by atoms with Crippen LogP contribution in [0.4, 0.5) is 0 Å². The summed E-state index contributed by atoms with van der Waals surface area (Å²) in [6.45, 7) is 2.34. The van der Waals surface area contributed by atoms with E-state index in [1.165, 1.54) is 4.31 Å². The maximum absolute atomic E-state index is 11.7. The number of aldehydes is 1. The van der Waals surface area contributed by atoms with Crippen molar-refractivity contribution in [3.8, 4) is 0 Å². The standard InChI is InChI=1S/C9H17NO3S/c1-2-7-14(12,13)10-6-4-3-5-9(10)8-11/h8-9H,2-7H2,1H3. The van der Waals surface area contributed by atoms with Gasteiger partial charge in [0.25, 0.3) is 0 Å². The van der Waals surface area contributed by atoms with Gasteiger partial charge >= 0.3 is 0 Å². The quantitative estimate of drug-likeness (QED) is 0.657. The van der Waals surface area contributed by atoms with Crippen molar-refractivity contribution in [2.45, 2.75) is 38.6 Å². The number of hydrogen-bond acceptors (Lipinski definition) is 3. The van der Waals surface area contributed by atoms with Crippen molar-refractivity contribution < 1.29 is 13.2 Å². The molecular weight excluding hydrogens is 202 g/mol. The van der Waals surface area contributed by atoms with Crippen LogP contribution in [-0.2, 0) is 14.8 Å². The summed E-state index contributed by atoms with van der Waals surface area (Å²) in [6.07, 6.45) is 3.85. The number of carbonyl (C=O) groups is 1. The molecule has 0 radical (unpaired) electrons. The molecule has 1 atom stereocenters. The maximum Gasteiger partial charge on any atom is 0.214 e. The first-order valence-corrected chi connectivity index (χ1v) is 6.67. The van der Waals surface area contributed by atoms with Gasteiger partial charge in [-0.15, -0.1) is 0 Å². The van der Waals surface area contributed by atoms with Crippen molar-refractivity contribution in [1.82, 2.24) is 4.31 Å². The molecule has 1 fully saturated rings. The summed E-state index contributed by atoms with van der Waals surface area (Å²) < 4.78 is 24.8. The molecule has 0 bridgehead atoms. The average molecular weight is 219 g/mol. The molecule has 14 heavy (non-hydrogen) atoms. The summed E-state index contributed by atoms with van der Waals surface area (Å²) in [5.41, 5.74) is 0. The van der Waals surface area contributed by atoms with Gasteiger partial charge in [0.15, 0.2) is 0 Å². The van der Waals surface area contributed by atoms with Crippen LogP contribution in [-0.4, -0.2) is 37.3 Å². The Labute approximate surface area is 85.3 Å². The minimum Gasteiger partial charge on any atom is -0.302 e. The Morgan fingerprint density at radius 3 is 2.71 bits per heavy atom. The molecule has 5 heteroatoms. The second kappa shape index (κ2) is 4.89. The van der Waals surface area contributed by atoms with E-state index in [2.05, 4.69) is 0 Å². The summed E-state index contributed by atoms with van der Waals surface area (Å²) in [6, 6.07) is -0.416. The van der Waals surface area contributed by atoms with E-state index in [0.717, 1.165) is 19.1 Å². The summed E-state index contributed by atoms with van der Waals surface area (Å²) in [5.74, 6) is 0.150. The van der Waals surface area contributed by atoms with E-state index >= 15 is 0 Å². The van der Waals surface area contributed by atoms with Crippen molar-refractivity contribution >= 4 is 16.3 Å². The predicted octanol–water partition coefficient (Wildman–Crippen LogP) is 0.780. The van der Waals surface area contributed by atoms with Crippen LogP contribution in [0, 0.1) is 0 Å². The fourth-order valence-corrected chi connectivity index (χ4v) is 3.51. The molecule has 0 spiro atoms. The van der Waals surface area contributed by atoms with E-state index in [9.17, 15) is 13.2 Å². The van der Waals surface area contributed by atoms with Gasteiger partial charge in [0.05, 0.1) is 11.8 Å². The molecular formula is C9H17NO3S. The van der Waals surface area contributed by atoms with E-state index in [1.807, 2.05) is 6.92 Å². The molecule has 1 rings (SSSR count). The molecule has 0 N–H and O–H groups in total. The topological polar surface area (TPSA) is 54.5 Å². The Hall–Kier alpha value is -0.420. The van der Waals surface area contributed by atoms with Gasteiger partial charge < -0.3 is 4.79 Å². The zero-order valence-electron chi connectivity index (χ0n) is 8.48. The molecule has 0 aliphatic carbocycles. The summed E-state index contributed by atoms with van der Waals surface area (Å²) in [5, 5.41) is 0. The van der Waals surface area contributed by atoms with Crippen molar-refractivity contribution in [2.24, 2.45) is 0 Å². The van der Waals surface area contributed by atoms with E-state index in [-0.39, 0.29) is 5.75 Å². The SMILES string of the molecule is CCCS(=O)(=O)N1CCCCC1C=O. The minimum atomic E-state index is -3.19. The number of carbonyl (C=O) groups excluding carboxylic acids is 1. The first-order valence-electron chi connectivity index (χ1n) is 5.06. The highest BCUT2D eigenvalue weighted by atomic mass is 32.2. The third-order valence-electron chi connectivity index (χ3n) is 2.47. The molecule has 1 aliphatic heterocycles. The highest BCUT2D eigenvalue weighted by molar-refractivity contribution is 7.89. The Morgan fingerprint density at radius 1 is 1.43 bits per heavy atom. The molecule has 0 aromatic rings. The van der Waals surface area contributed by atoms with Gasteiger partial charge in [0.1, 0.15) is 6.29 Å². The normalized spacial score (nSPS) is 24.8. The third-order valence-corrected chi connectivity index (χ3v) is 4.57. The van der Waals surface area contributed by atoms with Crippen molar-refractivity contribution in [2.75, 3.05) is 12.3 Å². The Morgan fingerprint density at radius 2 is 2.14 bits per heavy atom. The van der Waals surface area contributed by atoms with Crippen molar-refractivity contribution in [3.05, 3.63) is 0 Å². The fourth-order valence-electron chi connectivity index (χ4n) is 1.79. The lowest BCUT2D eigenvalue weighted by Crippen LogP contribution is -2.45. The lowest BCUT2D eigenvalue weighted by molar-refractivity contribution is -0.111. The number of hydrogen-bond donors (Lipinski definition) is 0. The Balaban J connectivity index is 2.77. The van der Waals surface area contributed by atoms with Crippen LogP contribution >= 0.6 is 0 Å². The Kier molecular flexibility index (Phi) is 4.07. The van der Waals surface area contributed by atoms with Crippen LogP contribution in [0.15, 0.2) is 0 Å². The summed E-state index contributed by atoms with van der Waals surface area (Å²) >= 11 is 0. The van der Waals surface area contributed by atoms with Crippen LogP contribution in [0.3, 0.4) is 0 Å². The van der Waals surface area contributed by atoms with Gasteiger partial charge in [0.2, 0.25) is 10.0 Å². The smallest absolute Gasteiger partial charge is 0.214 e. The molecule has 1 heterocycles. The van der Waals surface area contributed by atoms with Gasteiger partial charge in [-0.3, -0.25) is 0 Å². The molecule has 0 aromatic carbocycles. The van der Waals surface area contributed by atoms with Crippen LogP contribution in [0.25, 0.3) is 0 Å². The zero-order chi connectivity index (χ0) is 10.6. The molecule has 0 aromatic heterocycles. The number of piperidine rings is 1. The highest BCUT2D eigenvalue weighted by Crippen LogP contribution is 2.19. The Bertz CT molecular complexity index is 286. The van der Waals surface area contributed by atoms with E-state index in [0.29, 0.717) is 19.4 Å². The van der Waals surface area contributed by atoms with Gasteiger partial charge in [-0.25, -0.2) is 8.42 Å². The van der Waals surface area contributed by atoms with Crippen LogP contribution in [0.1, 0.15) is 32.6 Å². The van der Waals surface area contributed by atoms with Gasteiger partial charge in [-0.05, 0) is 19.3 Å². The highest BCUT2D eigenvalue weighted by Gasteiger charge is 2.30. The molecule has 0 saturated carbocycles. The van der Waals surface area contributed by atoms with Gasteiger partial charge in [-0.2, -0.15) is 4.31 Å². The number of sulfonamides is 1. The molecule has 82 valence electrons. The molecule has 1 aliphatic rings. The lowest BCUT2D eigenvalue weighted by Gasteiger charge is -2.31. The molecule has 1 unspecified atom stereocenters. The van der Waals surface area contributed by atoms with Crippen LogP contribution in [0.2, 0.25) is 0 Å². The van der Waals surface area contributed by atoms with Gasteiger partial charge in [0, 0.05) is 6.54 Å². The second-order valence-electron chi connectivity index (χ2n) is 3.63. The maximum atomic E-state index is 11.7. The van der Waals surface area contributed by atoms with E-state index < -0.39 is 16.1 Å². The predicted molar refractivity (Wildman–Crippen MR) is 54.5 cm³/mol.